The topological polar surface area (TPSA) is 52.6 Å². The predicted molar refractivity (Wildman–Crippen MR) is 101 cm³/mol. The molecular formula is C23H32O4. The Morgan fingerprint density at radius 2 is 1.63 bits per heavy atom. The lowest BCUT2D eigenvalue weighted by molar-refractivity contribution is -0.227. The lowest BCUT2D eigenvalue weighted by atomic mass is 9.47. The first-order chi connectivity index (χ1) is 13.0. The minimum Gasteiger partial charge on any atom is -0.456 e. The van der Waals surface area contributed by atoms with E-state index in [9.17, 15) is 9.59 Å². The number of allylic oxidation sites excluding steroid dienone is 2. The first-order valence-electron chi connectivity index (χ1n) is 11.0. The summed E-state index contributed by atoms with van der Waals surface area (Å²) < 4.78 is 11.6. The van der Waals surface area contributed by atoms with Gasteiger partial charge in [-0.25, -0.2) is 4.79 Å². The molecule has 0 aromatic rings. The zero-order valence-electron chi connectivity index (χ0n) is 16.6. The monoisotopic (exact) mass is 372 g/mol. The number of hydrogen-bond acceptors (Lipinski definition) is 4. The maximum Gasteiger partial charge on any atom is 0.344 e. The Labute approximate surface area is 162 Å². The fourth-order valence-electron chi connectivity index (χ4n) is 7.66. The van der Waals surface area contributed by atoms with Crippen molar-refractivity contribution in [2.24, 2.45) is 47.3 Å². The van der Waals surface area contributed by atoms with Crippen molar-refractivity contribution in [1.82, 2.24) is 0 Å². The van der Waals surface area contributed by atoms with Gasteiger partial charge in [0.25, 0.3) is 0 Å². The summed E-state index contributed by atoms with van der Waals surface area (Å²) in [4.78, 5) is 25.1. The summed E-state index contributed by atoms with van der Waals surface area (Å²) in [6.45, 7) is 4.17. The van der Waals surface area contributed by atoms with E-state index in [1.165, 1.54) is 32.1 Å². The van der Waals surface area contributed by atoms with Gasteiger partial charge in [-0.1, -0.05) is 26.0 Å². The van der Waals surface area contributed by atoms with Crippen molar-refractivity contribution < 1.29 is 19.1 Å². The lowest BCUT2D eigenvalue weighted by Crippen LogP contribution is -2.62. The van der Waals surface area contributed by atoms with Crippen LogP contribution in [0, 0.1) is 47.3 Å². The first-order valence-corrected chi connectivity index (χ1v) is 11.0. The third-order valence-corrected chi connectivity index (χ3v) is 8.52. The SMILES string of the molecule is CC(C)C1(OC(=O)COC(=O)C2CC3C=CC2C3)C2CC3CC(C2)CC1C3. The lowest BCUT2D eigenvalue weighted by Gasteiger charge is -2.61. The molecule has 6 aliphatic carbocycles. The highest BCUT2D eigenvalue weighted by molar-refractivity contribution is 5.79. The molecule has 0 saturated heterocycles. The molecule has 0 amide bonds. The maximum absolute atomic E-state index is 12.7. The molecule has 5 saturated carbocycles. The minimum absolute atomic E-state index is 0.0620. The molecule has 5 fully saturated rings. The van der Waals surface area contributed by atoms with Crippen molar-refractivity contribution in [3.05, 3.63) is 12.2 Å². The van der Waals surface area contributed by atoms with Crippen LogP contribution in [0.3, 0.4) is 0 Å². The highest BCUT2D eigenvalue weighted by Gasteiger charge is 2.60. The zero-order chi connectivity index (χ0) is 18.8. The van der Waals surface area contributed by atoms with Crippen LogP contribution in [0.4, 0.5) is 0 Å². The average molecular weight is 373 g/mol. The van der Waals surface area contributed by atoms with Crippen LogP contribution in [-0.2, 0) is 19.1 Å². The van der Waals surface area contributed by atoms with Gasteiger partial charge in [-0.15, -0.1) is 0 Å². The molecule has 4 nitrogen and oxygen atoms in total. The van der Waals surface area contributed by atoms with Gasteiger partial charge in [0, 0.05) is 0 Å². The van der Waals surface area contributed by atoms with Gasteiger partial charge in [0.15, 0.2) is 6.61 Å². The van der Waals surface area contributed by atoms with Gasteiger partial charge in [-0.3, -0.25) is 4.79 Å². The van der Waals surface area contributed by atoms with E-state index >= 15 is 0 Å². The van der Waals surface area contributed by atoms with Gasteiger partial charge in [0.1, 0.15) is 5.60 Å². The molecule has 0 spiro atoms. The Morgan fingerprint density at radius 1 is 0.963 bits per heavy atom. The summed E-state index contributed by atoms with van der Waals surface area (Å²) in [6.07, 6.45) is 12.5. The second-order valence-corrected chi connectivity index (χ2v) is 10.3. The standard InChI is InChI=1S/C23H32O4/c1-13(2)23(18-7-15-5-16(9-18)10-19(23)8-15)27-21(24)12-26-22(25)20-11-14-3-4-17(20)6-14/h3-4,13-20H,5-12H2,1-2H3. The second-order valence-electron chi connectivity index (χ2n) is 10.3. The number of rotatable bonds is 5. The third-order valence-electron chi connectivity index (χ3n) is 8.52. The highest BCUT2D eigenvalue weighted by Crippen LogP contribution is 2.61. The zero-order valence-corrected chi connectivity index (χ0v) is 16.6. The fraction of sp³-hybridized carbons (Fsp3) is 0.826. The molecule has 6 bridgehead atoms. The van der Waals surface area contributed by atoms with Crippen LogP contribution in [0.1, 0.15) is 58.8 Å². The summed E-state index contributed by atoms with van der Waals surface area (Å²) in [5, 5.41) is 0. The summed E-state index contributed by atoms with van der Waals surface area (Å²) in [7, 11) is 0. The smallest absolute Gasteiger partial charge is 0.344 e. The van der Waals surface area contributed by atoms with E-state index < -0.39 is 0 Å². The molecule has 0 aliphatic heterocycles. The summed E-state index contributed by atoms with van der Waals surface area (Å²) >= 11 is 0. The van der Waals surface area contributed by atoms with Gasteiger partial charge < -0.3 is 9.47 Å². The van der Waals surface area contributed by atoms with Crippen LogP contribution in [0.5, 0.6) is 0 Å². The molecular weight excluding hydrogens is 340 g/mol. The van der Waals surface area contributed by atoms with Crippen molar-refractivity contribution in [2.75, 3.05) is 6.61 Å². The Morgan fingerprint density at radius 3 is 2.15 bits per heavy atom. The molecule has 0 heterocycles. The minimum atomic E-state index is -0.344. The van der Waals surface area contributed by atoms with E-state index in [1.54, 1.807) is 0 Å². The fourth-order valence-corrected chi connectivity index (χ4v) is 7.66. The van der Waals surface area contributed by atoms with Crippen molar-refractivity contribution in [3.8, 4) is 0 Å². The van der Waals surface area contributed by atoms with Gasteiger partial charge >= 0.3 is 11.9 Å². The largest absolute Gasteiger partial charge is 0.456 e. The van der Waals surface area contributed by atoms with Gasteiger partial charge in [-0.2, -0.15) is 0 Å². The maximum atomic E-state index is 12.7. The highest BCUT2D eigenvalue weighted by atomic mass is 16.6. The normalized spacial score (nSPS) is 46.3. The molecule has 6 aliphatic rings. The van der Waals surface area contributed by atoms with Gasteiger partial charge in [0.05, 0.1) is 5.92 Å². The number of hydrogen-bond donors (Lipinski definition) is 0. The molecule has 6 rings (SSSR count). The number of esters is 2. The molecule has 0 N–H and O–H groups in total. The molecule has 0 aromatic heterocycles. The van der Waals surface area contributed by atoms with Crippen LogP contribution in [-0.4, -0.2) is 24.1 Å². The molecule has 27 heavy (non-hydrogen) atoms. The van der Waals surface area contributed by atoms with Crippen molar-refractivity contribution in [3.63, 3.8) is 0 Å². The van der Waals surface area contributed by atoms with E-state index in [-0.39, 0.29) is 30.1 Å². The number of ether oxygens (including phenoxy) is 2. The van der Waals surface area contributed by atoms with Crippen LogP contribution in [0.25, 0.3) is 0 Å². The van der Waals surface area contributed by atoms with Crippen molar-refractivity contribution >= 4 is 11.9 Å². The third kappa shape index (κ3) is 2.77. The molecule has 0 radical (unpaired) electrons. The predicted octanol–water partition coefficient (Wildman–Crippen LogP) is 4.14. The number of carbonyl (C=O) groups is 2. The Kier molecular flexibility index (Phi) is 4.18. The van der Waals surface area contributed by atoms with Gasteiger partial charge in [0.2, 0.25) is 0 Å². The van der Waals surface area contributed by atoms with E-state index in [2.05, 4.69) is 26.0 Å². The van der Waals surface area contributed by atoms with Crippen LogP contribution in [0.2, 0.25) is 0 Å². The Balaban J connectivity index is 1.23. The first kappa shape index (κ1) is 17.8. The van der Waals surface area contributed by atoms with Crippen molar-refractivity contribution in [1.29, 1.82) is 0 Å². The van der Waals surface area contributed by atoms with Crippen LogP contribution >= 0.6 is 0 Å². The average Bonchev–Trinajstić information content (AvgIpc) is 3.25. The molecule has 0 aromatic carbocycles. The Hall–Kier alpha value is -1.32. The number of carbonyl (C=O) groups excluding carboxylic acids is 2. The molecule has 4 heteroatoms. The van der Waals surface area contributed by atoms with E-state index in [4.69, 9.17) is 9.47 Å². The van der Waals surface area contributed by atoms with Crippen LogP contribution < -0.4 is 0 Å². The molecule has 148 valence electrons. The summed E-state index contributed by atoms with van der Waals surface area (Å²) in [5.41, 5.74) is -0.341. The number of fused-ring (bicyclic) bond motifs is 2. The van der Waals surface area contributed by atoms with Gasteiger partial charge in [-0.05, 0) is 86.4 Å². The van der Waals surface area contributed by atoms with E-state index in [0.717, 1.165) is 24.7 Å². The summed E-state index contributed by atoms with van der Waals surface area (Å²) in [6, 6.07) is 0. The van der Waals surface area contributed by atoms with Crippen molar-refractivity contribution in [2.45, 2.75) is 64.4 Å². The van der Waals surface area contributed by atoms with E-state index in [0.29, 0.717) is 29.6 Å². The van der Waals surface area contributed by atoms with E-state index in [1.807, 2.05) is 0 Å². The quantitative estimate of drug-likeness (QED) is 0.538. The summed E-state index contributed by atoms with van der Waals surface area (Å²) in [5.74, 6) is 3.17. The van der Waals surface area contributed by atoms with Crippen LogP contribution in [0.15, 0.2) is 12.2 Å². The molecule has 3 unspecified atom stereocenters. The Bertz CT molecular complexity index is 635. The second kappa shape index (κ2) is 6.35. The molecule has 3 atom stereocenters.